The standard InChI is InChI=1S/C12H25N3O2/c1-9(2)7-15(8-11(14)16)12(17)6-4-5-10(3)13/h9-10H,4-8,13H2,1-3H3,(H2,14,16). The number of hydrogen-bond acceptors (Lipinski definition) is 3. The second-order valence-corrected chi connectivity index (χ2v) is 5.00. The van der Waals surface area contributed by atoms with Crippen LogP contribution in [0.25, 0.3) is 0 Å². The van der Waals surface area contributed by atoms with E-state index >= 15 is 0 Å². The molecule has 100 valence electrons. The van der Waals surface area contributed by atoms with Crippen LogP contribution in [-0.2, 0) is 9.59 Å². The molecule has 2 amide bonds. The van der Waals surface area contributed by atoms with Gasteiger partial charge in [-0.3, -0.25) is 9.59 Å². The van der Waals surface area contributed by atoms with Crippen LogP contribution in [0.1, 0.15) is 40.0 Å². The van der Waals surface area contributed by atoms with E-state index in [-0.39, 0.29) is 18.5 Å². The van der Waals surface area contributed by atoms with Gasteiger partial charge in [-0.1, -0.05) is 13.8 Å². The van der Waals surface area contributed by atoms with Gasteiger partial charge in [0.2, 0.25) is 11.8 Å². The first-order valence-corrected chi connectivity index (χ1v) is 6.14. The molecule has 0 radical (unpaired) electrons. The number of carbonyl (C=O) groups is 2. The predicted octanol–water partition coefficient (Wildman–Crippen LogP) is 0.474. The van der Waals surface area contributed by atoms with Gasteiger partial charge in [-0.2, -0.15) is 0 Å². The van der Waals surface area contributed by atoms with Gasteiger partial charge in [-0.05, 0) is 25.7 Å². The molecule has 0 aliphatic carbocycles. The van der Waals surface area contributed by atoms with Gasteiger partial charge < -0.3 is 16.4 Å². The third-order valence-electron chi connectivity index (χ3n) is 2.34. The van der Waals surface area contributed by atoms with Crippen molar-refractivity contribution in [3.05, 3.63) is 0 Å². The Hall–Kier alpha value is -1.10. The summed E-state index contributed by atoms with van der Waals surface area (Å²) in [5, 5.41) is 0. The Kier molecular flexibility index (Phi) is 7.54. The van der Waals surface area contributed by atoms with E-state index in [0.717, 1.165) is 12.8 Å². The lowest BCUT2D eigenvalue weighted by Crippen LogP contribution is -2.40. The molecule has 0 aromatic rings. The van der Waals surface area contributed by atoms with Crippen molar-refractivity contribution < 1.29 is 9.59 Å². The summed E-state index contributed by atoms with van der Waals surface area (Å²) in [6, 6.07) is 0.109. The summed E-state index contributed by atoms with van der Waals surface area (Å²) in [5.74, 6) is -0.156. The summed E-state index contributed by atoms with van der Waals surface area (Å²) < 4.78 is 0. The molecule has 1 unspecified atom stereocenters. The predicted molar refractivity (Wildman–Crippen MR) is 68.1 cm³/mol. The van der Waals surface area contributed by atoms with Gasteiger partial charge in [0.15, 0.2) is 0 Å². The molecule has 0 rings (SSSR count). The monoisotopic (exact) mass is 243 g/mol. The van der Waals surface area contributed by atoms with Gasteiger partial charge in [0.25, 0.3) is 0 Å². The van der Waals surface area contributed by atoms with Crippen LogP contribution in [0.5, 0.6) is 0 Å². The molecule has 0 aromatic heterocycles. The molecule has 4 N–H and O–H groups in total. The molecule has 0 fully saturated rings. The van der Waals surface area contributed by atoms with Crippen molar-refractivity contribution in [1.82, 2.24) is 4.90 Å². The normalized spacial score (nSPS) is 12.5. The minimum absolute atomic E-state index is 0.00912. The van der Waals surface area contributed by atoms with E-state index in [1.165, 1.54) is 4.90 Å². The number of nitrogens with two attached hydrogens (primary N) is 2. The summed E-state index contributed by atoms with van der Waals surface area (Å²) in [6.45, 7) is 6.50. The Morgan fingerprint density at radius 1 is 1.24 bits per heavy atom. The molecule has 17 heavy (non-hydrogen) atoms. The first kappa shape index (κ1) is 15.9. The summed E-state index contributed by atoms with van der Waals surface area (Å²) >= 11 is 0. The number of carbonyl (C=O) groups excluding carboxylic acids is 2. The molecule has 0 aromatic carbocycles. The number of hydrogen-bond donors (Lipinski definition) is 2. The number of rotatable bonds is 8. The lowest BCUT2D eigenvalue weighted by molar-refractivity contribution is -0.135. The van der Waals surface area contributed by atoms with Crippen LogP contribution in [0.2, 0.25) is 0 Å². The molecule has 0 bridgehead atoms. The van der Waals surface area contributed by atoms with Gasteiger partial charge in [0, 0.05) is 19.0 Å². The van der Waals surface area contributed by atoms with Crippen LogP contribution in [-0.4, -0.2) is 35.8 Å². The average molecular weight is 243 g/mol. The van der Waals surface area contributed by atoms with Crippen molar-refractivity contribution in [3.63, 3.8) is 0 Å². The highest BCUT2D eigenvalue weighted by Gasteiger charge is 2.16. The van der Waals surface area contributed by atoms with Crippen LogP contribution in [0, 0.1) is 5.92 Å². The highest BCUT2D eigenvalue weighted by atomic mass is 16.2. The van der Waals surface area contributed by atoms with Crippen LogP contribution in [0.4, 0.5) is 0 Å². The van der Waals surface area contributed by atoms with E-state index in [4.69, 9.17) is 11.5 Å². The van der Waals surface area contributed by atoms with E-state index in [0.29, 0.717) is 18.9 Å². The second-order valence-electron chi connectivity index (χ2n) is 5.00. The first-order chi connectivity index (χ1) is 7.82. The van der Waals surface area contributed by atoms with E-state index < -0.39 is 5.91 Å². The molecular weight excluding hydrogens is 218 g/mol. The van der Waals surface area contributed by atoms with E-state index in [1.807, 2.05) is 20.8 Å². The lowest BCUT2D eigenvalue weighted by atomic mass is 10.1. The minimum atomic E-state index is -0.466. The topological polar surface area (TPSA) is 89.4 Å². The Morgan fingerprint density at radius 3 is 2.24 bits per heavy atom. The van der Waals surface area contributed by atoms with E-state index in [2.05, 4.69) is 0 Å². The van der Waals surface area contributed by atoms with Crippen molar-refractivity contribution >= 4 is 11.8 Å². The zero-order chi connectivity index (χ0) is 13.4. The van der Waals surface area contributed by atoms with Crippen molar-refractivity contribution in [2.24, 2.45) is 17.4 Å². The average Bonchev–Trinajstić information content (AvgIpc) is 2.14. The number of amides is 2. The maximum absolute atomic E-state index is 11.9. The van der Waals surface area contributed by atoms with Crippen molar-refractivity contribution in [3.8, 4) is 0 Å². The van der Waals surface area contributed by atoms with E-state index in [1.54, 1.807) is 0 Å². The fourth-order valence-corrected chi connectivity index (χ4v) is 1.62. The Balaban J connectivity index is 4.17. The Labute approximate surface area is 104 Å². The van der Waals surface area contributed by atoms with Crippen molar-refractivity contribution in [1.29, 1.82) is 0 Å². The van der Waals surface area contributed by atoms with Crippen LogP contribution in [0.3, 0.4) is 0 Å². The molecule has 0 spiro atoms. The van der Waals surface area contributed by atoms with Crippen LogP contribution < -0.4 is 11.5 Å². The Morgan fingerprint density at radius 2 is 1.82 bits per heavy atom. The zero-order valence-electron chi connectivity index (χ0n) is 11.1. The van der Waals surface area contributed by atoms with E-state index in [9.17, 15) is 9.59 Å². The quantitative estimate of drug-likeness (QED) is 0.649. The molecule has 0 saturated carbocycles. The molecule has 5 nitrogen and oxygen atoms in total. The van der Waals surface area contributed by atoms with Crippen molar-refractivity contribution in [2.45, 2.75) is 46.1 Å². The summed E-state index contributed by atoms with van der Waals surface area (Å²) in [5.41, 5.74) is 10.7. The highest BCUT2D eigenvalue weighted by Crippen LogP contribution is 2.05. The van der Waals surface area contributed by atoms with Crippen molar-refractivity contribution in [2.75, 3.05) is 13.1 Å². The number of primary amides is 1. The Bertz CT molecular complexity index is 252. The SMILES string of the molecule is CC(C)CN(CC(N)=O)C(=O)CCCC(C)N. The molecule has 0 saturated heterocycles. The van der Waals surface area contributed by atoms with Gasteiger partial charge in [-0.15, -0.1) is 0 Å². The molecule has 0 aliphatic heterocycles. The summed E-state index contributed by atoms with van der Waals surface area (Å²) in [6.07, 6.45) is 2.00. The molecule has 5 heteroatoms. The zero-order valence-corrected chi connectivity index (χ0v) is 11.1. The third-order valence-corrected chi connectivity index (χ3v) is 2.34. The highest BCUT2D eigenvalue weighted by molar-refractivity contribution is 5.83. The largest absolute Gasteiger partial charge is 0.368 e. The first-order valence-electron chi connectivity index (χ1n) is 6.14. The molecule has 1 atom stereocenters. The van der Waals surface area contributed by atoms with Gasteiger partial charge in [-0.25, -0.2) is 0 Å². The van der Waals surface area contributed by atoms with Gasteiger partial charge >= 0.3 is 0 Å². The molecular formula is C12H25N3O2. The molecule has 0 aliphatic rings. The van der Waals surface area contributed by atoms with Crippen LogP contribution >= 0.6 is 0 Å². The summed E-state index contributed by atoms with van der Waals surface area (Å²) in [4.78, 5) is 24.3. The van der Waals surface area contributed by atoms with Gasteiger partial charge in [0.05, 0.1) is 6.54 Å². The fourth-order valence-electron chi connectivity index (χ4n) is 1.62. The fraction of sp³-hybridized carbons (Fsp3) is 0.833. The smallest absolute Gasteiger partial charge is 0.237 e. The van der Waals surface area contributed by atoms with Gasteiger partial charge in [0.1, 0.15) is 0 Å². The third kappa shape index (κ3) is 8.68. The maximum atomic E-state index is 11.9. The minimum Gasteiger partial charge on any atom is -0.368 e. The summed E-state index contributed by atoms with van der Waals surface area (Å²) in [7, 11) is 0. The maximum Gasteiger partial charge on any atom is 0.237 e. The second kappa shape index (κ2) is 8.06. The molecule has 0 heterocycles. The van der Waals surface area contributed by atoms with Crippen LogP contribution in [0.15, 0.2) is 0 Å². The number of nitrogens with zero attached hydrogens (tertiary/aromatic N) is 1. The lowest BCUT2D eigenvalue weighted by Gasteiger charge is -2.23.